The number of nitrogens with two attached hydrogens (primary N) is 1. The molecule has 0 aliphatic carbocycles. The van der Waals surface area contributed by atoms with Crippen LogP contribution in [0.15, 0.2) is 12.4 Å². The summed E-state index contributed by atoms with van der Waals surface area (Å²) in [6, 6.07) is 1.69. The predicted octanol–water partition coefficient (Wildman–Crippen LogP) is 0.187. The molecule has 1 aliphatic rings. The summed E-state index contributed by atoms with van der Waals surface area (Å²) in [6.07, 6.45) is 4.14. The molecule has 1 aromatic rings. The van der Waals surface area contributed by atoms with Crippen LogP contribution >= 0.6 is 0 Å². The number of nitrogen functional groups attached to an aromatic ring is 1. The van der Waals surface area contributed by atoms with Gasteiger partial charge in [-0.15, -0.1) is 0 Å². The van der Waals surface area contributed by atoms with Crippen molar-refractivity contribution in [3.05, 3.63) is 12.4 Å². The van der Waals surface area contributed by atoms with Crippen molar-refractivity contribution in [3.8, 4) is 0 Å². The molecule has 0 unspecified atom stereocenters. The number of hydrogen-bond acceptors (Lipinski definition) is 6. The summed E-state index contributed by atoms with van der Waals surface area (Å²) in [4.78, 5) is 21.6. The predicted molar refractivity (Wildman–Crippen MR) is 68.8 cm³/mol. The molecular formula is C11H18N6O. The normalized spacial score (nSPS) is 14.6. The summed E-state index contributed by atoms with van der Waals surface area (Å²) in [5, 5.41) is 3.08. The van der Waals surface area contributed by atoms with Crippen molar-refractivity contribution in [1.82, 2.24) is 14.9 Å². The lowest BCUT2D eigenvalue weighted by molar-refractivity contribution is -0.129. The molecule has 1 aromatic heterocycles. The number of nitrogens with one attached hydrogen (secondary N) is 2. The van der Waals surface area contributed by atoms with Crippen LogP contribution in [0, 0.1) is 0 Å². The summed E-state index contributed by atoms with van der Waals surface area (Å²) in [7, 11) is 0. The monoisotopic (exact) mass is 250 g/mol. The Labute approximate surface area is 106 Å². The molecule has 4 N–H and O–H groups in total. The topological polar surface area (TPSA) is 96.2 Å². The van der Waals surface area contributed by atoms with Gasteiger partial charge in [0.05, 0.1) is 0 Å². The van der Waals surface area contributed by atoms with E-state index in [9.17, 15) is 4.79 Å². The lowest BCUT2D eigenvalue weighted by Crippen LogP contribution is -2.29. The molecule has 1 fully saturated rings. The molecular weight excluding hydrogens is 232 g/mol. The van der Waals surface area contributed by atoms with Crippen LogP contribution < -0.4 is 16.6 Å². The van der Waals surface area contributed by atoms with Gasteiger partial charge in [0, 0.05) is 32.1 Å². The van der Waals surface area contributed by atoms with E-state index in [0.29, 0.717) is 24.6 Å². The Morgan fingerprint density at radius 3 is 2.78 bits per heavy atom. The van der Waals surface area contributed by atoms with Crippen molar-refractivity contribution in [3.63, 3.8) is 0 Å². The van der Waals surface area contributed by atoms with E-state index in [1.165, 1.54) is 6.33 Å². The summed E-state index contributed by atoms with van der Waals surface area (Å²) in [5.74, 6) is 6.65. The standard InChI is InChI=1S/C11H18N6O/c12-16-10-7-9(14-8-15-10)13-4-3-11(18)17-5-1-2-6-17/h7-8H,1-6,12H2,(H2,13,14,15,16). The van der Waals surface area contributed by atoms with Crippen LogP contribution in [0.1, 0.15) is 19.3 Å². The minimum absolute atomic E-state index is 0.200. The number of likely N-dealkylation sites (tertiary alicyclic amines) is 1. The first kappa shape index (κ1) is 12.6. The number of carbonyl (C=O) groups excluding carboxylic acids is 1. The second-order valence-corrected chi connectivity index (χ2v) is 4.20. The van der Waals surface area contributed by atoms with Crippen molar-refractivity contribution in [1.29, 1.82) is 0 Å². The highest BCUT2D eigenvalue weighted by Gasteiger charge is 2.16. The maximum Gasteiger partial charge on any atom is 0.224 e. The summed E-state index contributed by atoms with van der Waals surface area (Å²) >= 11 is 0. The van der Waals surface area contributed by atoms with Gasteiger partial charge >= 0.3 is 0 Å². The van der Waals surface area contributed by atoms with E-state index in [1.807, 2.05) is 4.90 Å². The quantitative estimate of drug-likeness (QED) is 0.510. The van der Waals surface area contributed by atoms with Gasteiger partial charge in [-0.05, 0) is 12.8 Å². The molecule has 0 atom stereocenters. The van der Waals surface area contributed by atoms with Crippen LogP contribution in [-0.4, -0.2) is 40.4 Å². The van der Waals surface area contributed by atoms with E-state index in [1.54, 1.807) is 6.07 Å². The zero-order chi connectivity index (χ0) is 12.8. The van der Waals surface area contributed by atoms with Gasteiger partial charge in [-0.1, -0.05) is 0 Å². The van der Waals surface area contributed by atoms with Crippen molar-refractivity contribution in [2.45, 2.75) is 19.3 Å². The third kappa shape index (κ3) is 3.30. The Morgan fingerprint density at radius 2 is 2.06 bits per heavy atom. The number of aromatic nitrogens is 2. The Morgan fingerprint density at radius 1 is 1.33 bits per heavy atom. The lowest BCUT2D eigenvalue weighted by atomic mass is 10.3. The SMILES string of the molecule is NNc1cc(NCCC(=O)N2CCCC2)ncn1. The van der Waals surface area contributed by atoms with Gasteiger partial charge in [-0.3, -0.25) is 4.79 Å². The number of rotatable bonds is 5. The highest BCUT2D eigenvalue weighted by atomic mass is 16.2. The zero-order valence-corrected chi connectivity index (χ0v) is 10.2. The van der Waals surface area contributed by atoms with Crippen molar-refractivity contribution in [2.24, 2.45) is 5.84 Å². The van der Waals surface area contributed by atoms with E-state index in [2.05, 4.69) is 20.7 Å². The van der Waals surface area contributed by atoms with E-state index in [-0.39, 0.29) is 5.91 Å². The molecule has 7 heteroatoms. The average molecular weight is 250 g/mol. The van der Waals surface area contributed by atoms with Crippen molar-refractivity contribution >= 4 is 17.5 Å². The van der Waals surface area contributed by atoms with Crippen molar-refractivity contribution in [2.75, 3.05) is 30.4 Å². The summed E-state index contributed by atoms with van der Waals surface area (Å²) in [6.45, 7) is 2.36. The molecule has 18 heavy (non-hydrogen) atoms. The van der Waals surface area contributed by atoms with Crippen LogP contribution in [0.2, 0.25) is 0 Å². The molecule has 0 spiro atoms. The van der Waals surface area contributed by atoms with Gasteiger partial charge < -0.3 is 15.6 Å². The second-order valence-electron chi connectivity index (χ2n) is 4.20. The number of carbonyl (C=O) groups is 1. The van der Waals surface area contributed by atoms with Gasteiger partial charge in [0.25, 0.3) is 0 Å². The minimum Gasteiger partial charge on any atom is -0.369 e. The van der Waals surface area contributed by atoms with Crippen LogP contribution in [0.4, 0.5) is 11.6 Å². The molecule has 98 valence electrons. The third-order valence-corrected chi connectivity index (χ3v) is 2.92. The Kier molecular flexibility index (Phi) is 4.30. The largest absolute Gasteiger partial charge is 0.369 e. The van der Waals surface area contributed by atoms with Crippen LogP contribution in [0.3, 0.4) is 0 Å². The number of hydrazine groups is 1. The van der Waals surface area contributed by atoms with Crippen LogP contribution in [0.25, 0.3) is 0 Å². The maximum atomic E-state index is 11.8. The fourth-order valence-corrected chi connectivity index (χ4v) is 1.96. The van der Waals surface area contributed by atoms with Gasteiger partial charge in [-0.25, -0.2) is 15.8 Å². The van der Waals surface area contributed by atoms with Crippen molar-refractivity contribution < 1.29 is 4.79 Å². The first-order chi connectivity index (χ1) is 8.79. The zero-order valence-electron chi connectivity index (χ0n) is 10.2. The van der Waals surface area contributed by atoms with Crippen LogP contribution in [-0.2, 0) is 4.79 Å². The molecule has 7 nitrogen and oxygen atoms in total. The van der Waals surface area contributed by atoms with E-state index >= 15 is 0 Å². The molecule has 1 saturated heterocycles. The van der Waals surface area contributed by atoms with Gasteiger partial charge in [0.15, 0.2) is 0 Å². The molecule has 0 aromatic carbocycles. The lowest BCUT2D eigenvalue weighted by Gasteiger charge is -2.15. The second kappa shape index (κ2) is 6.15. The summed E-state index contributed by atoms with van der Waals surface area (Å²) < 4.78 is 0. The Bertz CT molecular complexity index is 404. The molecule has 0 bridgehead atoms. The summed E-state index contributed by atoms with van der Waals surface area (Å²) in [5.41, 5.74) is 2.45. The first-order valence-electron chi connectivity index (χ1n) is 6.10. The van der Waals surface area contributed by atoms with E-state index in [4.69, 9.17) is 5.84 Å². The average Bonchev–Trinajstić information content (AvgIpc) is 2.93. The fraction of sp³-hybridized carbons (Fsp3) is 0.545. The first-order valence-corrected chi connectivity index (χ1v) is 6.10. The van der Waals surface area contributed by atoms with E-state index in [0.717, 1.165) is 25.9 Å². The Hall–Kier alpha value is -1.89. The molecule has 0 saturated carbocycles. The van der Waals surface area contributed by atoms with Gasteiger partial charge in [-0.2, -0.15) is 0 Å². The molecule has 1 aliphatic heterocycles. The number of anilines is 2. The molecule has 2 heterocycles. The fourth-order valence-electron chi connectivity index (χ4n) is 1.96. The van der Waals surface area contributed by atoms with Gasteiger partial charge in [0.2, 0.25) is 5.91 Å². The van der Waals surface area contributed by atoms with E-state index < -0.39 is 0 Å². The third-order valence-electron chi connectivity index (χ3n) is 2.92. The maximum absolute atomic E-state index is 11.8. The highest BCUT2D eigenvalue weighted by Crippen LogP contribution is 2.10. The van der Waals surface area contributed by atoms with Gasteiger partial charge in [0.1, 0.15) is 18.0 Å². The Balaban J connectivity index is 1.75. The smallest absolute Gasteiger partial charge is 0.224 e. The number of nitrogens with zero attached hydrogens (tertiary/aromatic N) is 3. The number of hydrogen-bond donors (Lipinski definition) is 3. The molecule has 2 rings (SSSR count). The number of amides is 1. The minimum atomic E-state index is 0.200. The molecule has 1 amide bonds. The van der Waals surface area contributed by atoms with Crippen LogP contribution in [0.5, 0.6) is 0 Å². The highest BCUT2D eigenvalue weighted by molar-refractivity contribution is 5.76. The molecule has 0 radical (unpaired) electrons.